The van der Waals surface area contributed by atoms with E-state index in [0.717, 1.165) is 25.1 Å². The molecule has 1 fully saturated rings. The van der Waals surface area contributed by atoms with Crippen LogP contribution < -0.4 is 10.6 Å². The molecule has 120 valence electrons. The maximum atomic E-state index is 12.6. The maximum absolute atomic E-state index is 12.6. The van der Waals surface area contributed by atoms with Gasteiger partial charge in [-0.05, 0) is 37.8 Å². The summed E-state index contributed by atoms with van der Waals surface area (Å²) in [6.07, 6.45) is 2.27. The van der Waals surface area contributed by atoms with Crippen molar-refractivity contribution in [1.29, 1.82) is 0 Å². The molecule has 5 heteroatoms. The van der Waals surface area contributed by atoms with Crippen molar-refractivity contribution < 1.29 is 9.59 Å². The Balaban J connectivity index is 2.18. The molecule has 0 radical (unpaired) electrons. The predicted octanol–water partition coefficient (Wildman–Crippen LogP) is 2.31. The summed E-state index contributed by atoms with van der Waals surface area (Å²) in [5, 5.41) is 5.07. The van der Waals surface area contributed by atoms with Crippen molar-refractivity contribution in [3.05, 3.63) is 35.9 Å². The molecule has 2 rings (SSSR count). The summed E-state index contributed by atoms with van der Waals surface area (Å²) in [7, 11) is 0. The molecule has 0 aromatic heterocycles. The Morgan fingerprint density at radius 2 is 2.05 bits per heavy atom. The van der Waals surface area contributed by atoms with E-state index in [1.165, 1.54) is 6.42 Å². The van der Waals surface area contributed by atoms with Crippen molar-refractivity contribution in [3.8, 4) is 0 Å². The molecular weight excluding hydrogens is 278 g/mol. The number of benzene rings is 1. The fourth-order valence-corrected chi connectivity index (χ4v) is 3.01. The lowest BCUT2D eigenvalue weighted by atomic mass is 9.96. The van der Waals surface area contributed by atoms with Gasteiger partial charge >= 0.3 is 6.03 Å². The molecule has 1 aliphatic rings. The third-order valence-corrected chi connectivity index (χ3v) is 3.99. The SMILES string of the molecule is CCNC(=O)NC(=O)[C@H](c1ccccc1)N1CCC[C@H](C)C1. The maximum Gasteiger partial charge on any atom is 0.321 e. The van der Waals surface area contributed by atoms with Crippen LogP contribution in [0, 0.1) is 5.92 Å². The number of hydrogen-bond donors (Lipinski definition) is 2. The van der Waals surface area contributed by atoms with Crippen molar-refractivity contribution in [3.63, 3.8) is 0 Å². The Bertz CT molecular complexity index is 504. The van der Waals surface area contributed by atoms with E-state index in [1.54, 1.807) is 0 Å². The van der Waals surface area contributed by atoms with Gasteiger partial charge in [0.25, 0.3) is 0 Å². The fourth-order valence-electron chi connectivity index (χ4n) is 3.01. The van der Waals surface area contributed by atoms with Crippen LogP contribution in [0.1, 0.15) is 38.3 Å². The molecule has 0 aliphatic carbocycles. The number of rotatable bonds is 4. The number of hydrogen-bond acceptors (Lipinski definition) is 3. The Morgan fingerprint density at radius 1 is 1.32 bits per heavy atom. The molecule has 0 bridgehead atoms. The van der Waals surface area contributed by atoms with Crippen LogP contribution in [0.5, 0.6) is 0 Å². The highest BCUT2D eigenvalue weighted by Crippen LogP contribution is 2.27. The minimum absolute atomic E-state index is 0.258. The van der Waals surface area contributed by atoms with E-state index in [-0.39, 0.29) is 5.91 Å². The Labute approximate surface area is 132 Å². The molecule has 5 nitrogen and oxygen atoms in total. The summed E-state index contributed by atoms with van der Waals surface area (Å²) >= 11 is 0. The van der Waals surface area contributed by atoms with Gasteiger partial charge in [0.15, 0.2) is 0 Å². The van der Waals surface area contributed by atoms with Gasteiger partial charge in [-0.1, -0.05) is 37.3 Å². The zero-order chi connectivity index (χ0) is 15.9. The molecular formula is C17H25N3O2. The first-order valence-electron chi connectivity index (χ1n) is 7.99. The number of likely N-dealkylation sites (tertiary alicyclic amines) is 1. The van der Waals surface area contributed by atoms with Crippen LogP contribution in [0.4, 0.5) is 4.79 Å². The Kier molecular flexibility index (Phi) is 5.95. The third-order valence-electron chi connectivity index (χ3n) is 3.99. The first-order chi connectivity index (χ1) is 10.6. The average molecular weight is 303 g/mol. The largest absolute Gasteiger partial charge is 0.338 e. The van der Waals surface area contributed by atoms with Gasteiger partial charge < -0.3 is 5.32 Å². The lowest BCUT2D eigenvalue weighted by Gasteiger charge is -2.36. The number of urea groups is 1. The van der Waals surface area contributed by atoms with E-state index in [4.69, 9.17) is 0 Å². The lowest BCUT2D eigenvalue weighted by Crippen LogP contribution is -2.48. The van der Waals surface area contributed by atoms with Crippen molar-refractivity contribution >= 4 is 11.9 Å². The van der Waals surface area contributed by atoms with E-state index >= 15 is 0 Å². The molecule has 1 aromatic rings. The number of piperidine rings is 1. The number of carbonyl (C=O) groups excluding carboxylic acids is 2. The molecule has 1 aliphatic heterocycles. The van der Waals surface area contributed by atoms with Crippen LogP contribution in [0.2, 0.25) is 0 Å². The third kappa shape index (κ3) is 4.31. The minimum atomic E-state index is -0.432. The predicted molar refractivity (Wildman–Crippen MR) is 86.4 cm³/mol. The van der Waals surface area contributed by atoms with Gasteiger partial charge in [-0.15, -0.1) is 0 Å². The van der Waals surface area contributed by atoms with Crippen LogP contribution in [0.25, 0.3) is 0 Å². The summed E-state index contributed by atoms with van der Waals surface area (Å²) in [5.74, 6) is 0.309. The lowest BCUT2D eigenvalue weighted by molar-refractivity contribution is -0.126. The highest BCUT2D eigenvalue weighted by atomic mass is 16.2. The summed E-state index contributed by atoms with van der Waals surface area (Å²) in [5.41, 5.74) is 0.929. The summed E-state index contributed by atoms with van der Waals surface area (Å²) in [6, 6.07) is 8.83. The van der Waals surface area contributed by atoms with Crippen LogP contribution in [0.3, 0.4) is 0 Å². The normalized spacial score (nSPS) is 20.2. The van der Waals surface area contributed by atoms with E-state index < -0.39 is 12.1 Å². The van der Waals surface area contributed by atoms with Gasteiger partial charge in [-0.2, -0.15) is 0 Å². The average Bonchev–Trinajstić information content (AvgIpc) is 2.49. The van der Waals surface area contributed by atoms with Gasteiger partial charge in [-0.3, -0.25) is 15.0 Å². The molecule has 1 aromatic carbocycles. The number of carbonyl (C=O) groups is 2. The van der Waals surface area contributed by atoms with E-state index in [1.807, 2.05) is 37.3 Å². The summed E-state index contributed by atoms with van der Waals surface area (Å²) in [4.78, 5) is 26.5. The van der Waals surface area contributed by atoms with Crippen LogP contribution >= 0.6 is 0 Å². The van der Waals surface area contributed by atoms with Crippen LogP contribution in [-0.2, 0) is 4.79 Å². The second-order valence-electron chi connectivity index (χ2n) is 5.90. The van der Waals surface area contributed by atoms with E-state index in [2.05, 4.69) is 22.5 Å². The van der Waals surface area contributed by atoms with Gasteiger partial charge in [0.1, 0.15) is 6.04 Å². The molecule has 0 saturated carbocycles. The molecule has 0 unspecified atom stereocenters. The minimum Gasteiger partial charge on any atom is -0.338 e. The quantitative estimate of drug-likeness (QED) is 0.897. The molecule has 2 atom stereocenters. The number of nitrogens with one attached hydrogen (secondary N) is 2. The molecule has 2 N–H and O–H groups in total. The molecule has 1 heterocycles. The van der Waals surface area contributed by atoms with Gasteiger partial charge in [0.2, 0.25) is 5.91 Å². The highest BCUT2D eigenvalue weighted by Gasteiger charge is 2.31. The second-order valence-corrected chi connectivity index (χ2v) is 5.90. The zero-order valence-corrected chi connectivity index (χ0v) is 13.3. The van der Waals surface area contributed by atoms with Crippen molar-refractivity contribution in [2.75, 3.05) is 19.6 Å². The molecule has 22 heavy (non-hydrogen) atoms. The van der Waals surface area contributed by atoms with E-state index in [0.29, 0.717) is 12.5 Å². The summed E-state index contributed by atoms with van der Waals surface area (Å²) in [6.45, 7) is 6.28. The standard InChI is InChI=1S/C17H25N3O2/c1-3-18-17(22)19-16(21)15(14-9-5-4-6-10-14)20-11-7-8-13(2)12-20/h4-6,9-10,13,15H,3,7-8,11-12H2,1-2H3,(H2,18,19,21,22)/t13-,15-/m0/s1. The molecule has 0 spiro atoms. The van der Waals surface area contributed by atoms with Gasteiger partial charge in [-0.25, -0.2) is 4.79 Å². The Morgan fingerprint density at radius 3 is 2.68 bits per heavy atom. The monoisotopic (exact) mass is 303 g/mol. The first kappa shape index (κ1) is 16.5. The van der Waals surface area contributed by atoms with Crippen molar-refractivity contribution in [2.45, 2.75) is 32.7 Å². The smallest absolute Gasteiger partial charge is 0.321 e. The summed E-state index contributed by atoms with van der Waals surface area (Å²) < 4.78 is 0. The number of imide groups is 1. The fraction of sp³-hybridized carbons (Fsp3) is 0.529. The first-order valence-corrected chi connectivity index (χ1v) is 7.99. The topological polar surface area (TPSA) is 61.4 Å². The highest BCUT2D eigenvalue weighted by molar-refractivity contribution is 5.97. The van der Waals surface area contributed by atoms with Crippen LogP contribution in [0.15, 0.2) is 30.3 Å². The van der Waals surface area contributed by atoms with Crippen LogP contribution in [-0.4, -0.2) is 36.5 Å². The molecule has 3 amide bonds. The number of amides is 3. The zero-order valence-electron chi connectivity index (χ0n) is 13.3. The van der Waals surface area contributed by atoms with Crippen molar-refractivity contribution in [1.82, 2.24) is 15.5 Å². The molecule has 1 saturated heterocycles. The van der Waals surface area contributed by atoms with Gasteiger partial charge in [0, 0.05) is 13.1 Å². The Hall–Kier alpha value is -1.88. The van der Waals surface area contributed by atoms with Crippen molar-refractivity contribution in [2.24, 2.45) is 5.92 Å². The number of nitrogens with zero attached hydrogens (tertiary/aromatic N) is 1. The van der Waals surface area contributed by atoms with E-state index in [9.17, 15) is 9.59 Å². The second kappa shape index (κ2) is 7.94. The van der Waals surface area contributed by atoms with Gasteiger partial charge in [0.05, 0.1) is 0 Å².